The van der Waals surface area contributed by atoms with Crippen LogP contribution in [0.15, 0.2) is 30.5 Å². The van der Waals surface area contributed by atoms with E-state index in [1.807, 2.05) is 6.07 Å². The number of rotatable bonds is 6. The highest BCUT2D eigenvalue weighted by atomic mass is 35.5. The fourth-order valence-corrected chi connectivity index (χ4v) is 6.16. The second kappa shape index (κ2) is 9.67. The summed E-state index contributed by atoms with van der Waals surface area (Å²) in [6.07, 6.45) is 2.40. The number of halogens is 1. The Kier molecular flexibility index (Phi) is 6.99. The first-order valence-corrected chi connectivity index (χ1v) is 12.6. The minimum absolute atomic E-state index is 0.0884. The molecule has 0 atom stereocenters. The SMILES string of the molecule is CCc1ccnc(N2CCNCC2)c1C(=O)NC1C(C)(C)C(Oc2ccc(C#N)c(Cl)c2)C1(C)C. The van der Waals surface area contributed by atoms with Gasteiger partial charge in [-0.05, 0) is 30.2 Å². The fraction of sp³-hybridized carbons (Fsp3) is 0.519. The summed E-state index contributed by atoms with van der Waals surface area (Å²) < 4.78 is 6.37. The van der Waals surface area contributed by atoms with Crippen molar-refractivity contribution in [2.75, 3.05) is 31.1 Å². The highest BCUT2D eigenvalue weighted by molar-refractivity contribution is 6.31. The molecule has 1 aromatic heterocycles. The first-order valence-electron chi connectivity index (χ1n) is 12.2. The molecular weight excluding hydrogens is 462 g/mol. The molecule has 4 rings (SSSR count). The second-order valence-corrected chi connectivity index (χ2v) is 11.0. The second-order valence-electron chi connectivity index (χ2n) is 10.6. The fourth-order valence-electron chi connectivity index (χ4n) is 5.95. The molecule has 0 spiro atoms. The molecule has 1 saturated heterocycles. The number of ether oxygens (including phenoxy) is 1. The molecule has 2 fully saturated rings. The number of carbonyl (C=O) groups is 1. The number of nitrogens with zero attached hydrogens (tertiary/aromatic N) is 3. The molecule has 2 aliphatic rings. The third kappa shape index (κ3) is 4.57. The normalized spacial score (nSPS) is 22.6. The van der Waals surface area contributed by atoms with Gasteiger partial charge in [-0.3, -0.25) is 4.79 Å². The van der Waals surface area contributed by atoms with E-state index in [0.29, 0.717) is 21.9 Å². The van der Waals surface area contributed by atoms with E-state index >= 15 is 0 Å². The number of anilines is 1. The third-order valence-corrected chi connectivity index (χ3v) is 7.78. The van der Waals surface area contributed by atoms with Crippen molar-refractivity contribution in [3.63, 3.8) is 0 Å². The van der Waals surface area contributed by atoms with Gasteiger partial charge in [0.05, 0.1) is 16.1 Å². The predicted octanol–water partition coefficient (Wildman–Crippen LogP) is 4.19. The highest BCUT2D eigenvalue weighted by Crippen LogP contribution is 2.55. The third-order valence-electron chi connectivity index (χ3n) is 7.47. The molecule has 2 heterocycles. The number of aromatic nitrogens is 1. The van der Waals surface area contributed by atoms with Crippen molar-refractivity contribution in [3.05, 3.63) is 52.2 Å². The summed E-state index contributed by atoms with van der Waals surface area (Å²) in [6, 6.07) is 9.02. The van der Waals surface area contributed by atoms with Gasteiger partial charge in [0.2, 0.25) is 0 Å². The van der Waals surface area contributed by atoms with Gasteiger partial charge in [0.25, 0.3) is 5.91 Å². The van der Waals surface area contributed by atoms with Crippen LogP contribution in [-0.2, 0) is 6.42 Å². The monoisotopic (exact) mass is 495 g/mol. The van der Waals surface area contributed by atoms with Gasteiger partial charge in [0, 0.05) is 55.3 Å². The minimum atomic E-state index is -0.330. The lowest BCUT2D eigenvalue weighted by atomic mass is 9.49. The first-order chi connectivity index (χ1) is 16.6. The summed E-state index contributed by atoms with van der Waals surface area (Å²) in [5.41, 5.74) is 1.43. The van der Waals surface area contributed by atoms with E-state index in [0.717, 1.165) is 44.0 Å². The average Bonchev–Trinajstić information content (AvgIpc) is 2.85. The number of amides is 1. The van der Waals surface area contributed by atoms with Crippen LogP contribution in [0.4, 0.5) is 5.82 Å². The van der Waals surface area contributed by atoms with Crippen LogP contribution in [0.5, 0.6) is 5.75 Å². The van der Waals surface area contributed by atoms with Gasteiger partial charge in [0.15, 0.2) is 0 Å². The molecule has 0 bridgehead atoms. The topological polar surface area (TPSA) is 90.3 Å². The molecule has 186 valence electrons. The Morgan fingerprint density at radius 3 is 2.54 bits per heavy atom. The molecule has 2 N–H and O–H groups in total. The van der Waals surface area contributed by atoms with Crippen molar-refractivity contribution in [1.29, 1.82) is 5.26 Å². The smallest absolute Gasteiger partial charge is 0.255 e. The molecule has 1 saturated carbocycles. The van der Waals surface area contributed by atoms with E-state index in [9.17, 15) is 4.79 Å². The van der Waals surface area contributed by atoms with Crippen LogP contribution in [0.2, 0.25) is 5.02 Å². The summed E-state index contributed by atoms with van der Waals surface area (Å²) in [5.74, 6) is 1.29. The van der Waals surface area contributed by atoms with E-state index in [4.69, 9.17) is 21.6 Å². The molecule has 2 aromatic rings. The van der Waals surface area contributed by atoms with E-state index in [1.54, 1.807) is 24.4 Å². The number of aryl methyl sites for hydroxylation is 1. The number of piperazine rings is 1. The molecule has 0 radical (unpaired) electrons. The van der Waals surface area contributed by atoms with Crippen molar-refractivity contribution in [1.82, 2.24) is 15.6 Å². The van der Waals surface area contributed by atoms with Crippen LogP contribution in [0.3, 0.4) is 0 Å². The van der Waals surface area contributed by atoms with Gasteiger partial charge in [-0.15, -0.1) is 0 Å². The summed E-state index contributed by atoms with van der Waals surface area (Å²) in [7, 11) is 0. The Bertz CT molecular complexity index is 1130. The molecule has 1 aromatic carbocycles. The largest absolute Gasteiger partial charge is 0.489 e. The molecule has 35 heavy (non-hydrogen) atoms. The maximum atomic E-state index is 13.8. The predicted molar refractivity (Wildman–Crippen MR) is 138 cm³/mol. The number of hydrogen-bond donors (Lipinski definition) is 2. The van der Waals surface area contributed by atoms with Gasteiger partial charge < -0.3 is 20.3 Å². The number of hydrogen-bond acceptors (Lipinski definition) is 6. The van der Waals surface area contributed by atoms with E-state index in [2.05, 4.69) is 61.2 Å². The Morgan fingerprint density at radius 2 is 1.94 bits per heavy atom. The van der Waals surface area contributed by atoms with E-state index in [-0.39, 0.29) is 28.9 Å². The number of nitrogens with one attached hydrogen (secondary N) is 2. The van der Waals surface area contributed by atoms with E-state index < -0.39 is 0 Å². The Balaban J connectivity index is 1.57. The lowest BCUT2D eigenvalue weighted by Crippen LogP contribution is -2.74. The van der Waals surface area contributed by atoms with Crippen LogP contribution >= 0.6 is 11.6 Å². The standard InChI is InChI=1S/C27H34ClN5O2/c1-6-17-9-10-31-22(33-13-11-30-12-14-33)21(17)23(34)32-24-26(2,3)25(27(24,4)5)35-19-8-7-18(16-29)20(28)15-19/h7-10,15,24-25,30H,6,11-14H2,1-5H3,(H,32,34). The van der Waals surface area contributed by atoms with Crippen LogP contribution in [0.1, 0.15) is 56.1 Å². The summed E-state index contributed by atoms with van der Waals surface area (Å²) in [4.78, 5) is 20.6. The molecule has 7 nitrogen and oxygen atoms in total. The van der Waals surface area contributed by atoms with Crippen molar-refractivity contribution >= 4 is 23.3 Å². The maximum Gasteiger partial charge on any atom is 0.255 e. The van der Waals surface area contributed by atoms with Gasteiger partial charge in [-0.25, -0.2) is 4.98 Å². The number of benzene rings is 1. The lowest BCUT2D eigenvalue weighted by molar-refractivity contribution is -0.164. The van der Waals surface area contributed by atoms with E-state index in [1.165, 1.54) is 0 Å². The zero-order chi connectivity index (χ0) is 25.4. The quantitative estimate of drug-likeness (QED) is 0.624. The lowest BCUT2D eigenvalue weighted by Gasteiger charge is -2.63. The molecular formula is C27H34ClN5O2. The maximum absolute atomic E-state index is 13.8. The van der Waals surface area contributed by atoms with Crippen LogP contribution in [0.25, 0.3) is 0 Å². The molecule has 8 heteroatoms. The Labute approximate surface area is 212 Å². The molecule has 1 aliphatic heterocycles. The number of pyridine rings is 1. The average molecular weight is 496 g/mol. The van der Waals surface area contributed by atoms with Crippen molar-refractivity contribution in [3.8, 4) is 11.8 Å². The van der Waals surface area contributed by atoms with Crippen molar-refractivity contribution in [2.24, 2.45) is 10.8 Å². The Morgan fingerprint density at radius 1 is 1.26 bits per heavy atom. The van der Waals surface area contributed by atoms with Crippen LogP contribution in [0, 0.1) is 22.2 Å². The zero-order valence-corrected chi connectivity index (χ0v) is 21.9. The Hall–Kier alpha value is -2.82. The van der Waals surface area contributed by atoms with Gasteiger partial charge in [-0.1, -0.05) is 46.2 Å². The summed E-state index contributed by atoms with van der Waals surface area (Å²) in [6.45, 7) is 13.9. The van der Waals surface area contributed by atoms with Gasteiger partial charge in [-0.2, -0.15) is 5.26 Å². The zero-order valence-electron chi connectivity index (χ0n) is 21.1. The number of nitriles is 1. The molecule has 0 unspecified atom stereocenters. The van der Waals surface area contributed by atoms with Gasteiger partial charge in [0.1, 0.15) is 23.7 Å². The highest BCUT2D eigenvalue weighted by Gasteiger charge is 2.64. The summed E-state index contributed by atoms with van der Waals surface area (Å²) in [5, 5.41) is 16.2. The van der Waals surface area contributed by atoms with Crippen molar-refractivity contribution in [2.45, 2.75) is 53.2 Å². The minimum Gasteiger partial charge on any atom is -0.489 e. The molecule has 1 amide bonds. The molecule has 1 aliphatic carbocycles. The first kappa shape index (κ1) is 25.3. The van der Waals surface area contributed by atoms with Crippen LogP contribution in [-0.4, -0.2) is 49.2 Å². The van der Waals surface area contributed by atoms with Crippen molar-refractivity contribution < 1.29 is 9.53 Å². The van der Waals surface area contributed by atoms with Gasteiger partial charge >= 0.3 is 0 Å². The summed E-state index contributed by atoms with van der Waals surface area (Å²) >= 11 is 6.22. The number of carbonyl (C=O) groups excluding carboxylic acids is 1. The van der Waals surface area contributed by atoms with Crippen LogP contribution < -0.4 is 20.3 Å².